The molecule has 136 valence electrons. The van der Waals surface area contributed by atoms with Crippen LogP contribution in [-0.2, 0) is 6.54 Å². The second kappa shape index (κ2) is 8.27. The third kappa shape index (κ3) is 3.96. The lowest BCUT2D eigenvalue weighted by atomic mass is 10.0. The molecule has 1 amide bonds. The Morgan fingerprint density at radius 2 is 1.50 bits per heavy atom. The molecule has 28 heavy (non-hydrogen) atoms. The van der Waals surface area contributed by atoms with Crippen LogP contribution in [0.1, 0.15) is 15.9 Å². The number of pyridine rings is 2. The minimum Gasteiger partial charge on any atom is -0.348 e. The molecule has 4 heteroatoms. The number of carbonyl (C=O) groups excluding carboxylic acids is 1. The highest BCUT2D eigenvalue weighted by atomic mass is 16.1. The van der Waals surface area contributed by atoms with Gasteiger partial charge in [0, 0.05) is 36.3 Å². The van der Waals surface area contributed by atoms with E-state index >= 15 is 0 Å². The summed E-state index contributed by atoms with van der Waals surface area (Å²) in [6, 6.07) is 25.4. The van der Waals surface area contributed by atoms with Crippen LogP contribution < -0.4 is 5.32 Å². The molecule has 2 heterocycles. The topological polar surface area (TPSA) is 54.9 Å². The van der Waals surface area contributed by atoms with Gasteiger partial charge < -0.3 is 5.32 Å². The Hall–Kier alpha value is -3.79. The molecule has 4 rings (SSSR count). The number of nitrogens with one attached hydrogen (secondary N) is 1. The lowest BCUT2D eigenvalue weighted by Crippen LogP contribution is -2.23. The van der Waals surface area contributed by atoms with Gasteiger partial charge in [0.25, 0.3) is 5.91 Å². The zero-order chi connectivity index (χ0) is 19.2. The van der Waals surface area contributed by atoms with Crippen molar-refractivity contribution < 1.29 is 4.79 Å². The number of amides is 1. The molecule has 0 aliphatic heterocycles. The Kier molecular flexibility index (Phi) is 5.20. The van der Waals surface area contributed by atoms with Gasteiger partial charge in [-0.1, -0.05) is 60.7 Å². The van der Waals surface area contributed by atoms with Crippen LogP contribution in [0.15, 0.2) is 97.5 Å². The van der Waals surface area contributed by atoms with Crippen molar-refractivity contribution >= 4 is 5.91 Å². The van der Waals surface area contributed by atoms with Crippen LogP contribution in [0.4, 0.5) is 0 Å². The van der Waals surface area contributed by atoms with Crippen LogP contribution in [-0.4, -0.2) is 15.9 Å². The summed E-state index contributed by atoms with van der Waals surface area (Å²) in [5.41, 5.74) is 4.93. The quantitative estimate of drug-likeness (QED) is 0.556. The number of benzene rings is 2. The normalized spacial score (nSPS) is 10.4. The summed E-state index contributed by atoms with van der Waals surface area (Å²) in [6.07, 6.45) is 5.22. The lowest BCUT2D eigenvalue weighted by molar-refractivity contribution is 0.0951. The fraction of sp³-hybridized carbons (Fsp3) is 0.0417. The van der Waals surface area contributed by atoms with Crippen molar-refractivity contribution in [3.8, 4) is 22.4 Å². The number of carbonyl (C=O) groups is 1. The molecule has 0 fully saturated rings. The standard InChI is InChI=1S/C24H19N3O/c28-24(27-15-18-8-3-1-4-9-18)22-14-21(19-10-5-2-6-11-19)17-26-23(22)20-12-7-13-25-16-20/h1-14,16-17H,15H2,(H,27,28). The maximum Gasteiger partial charge on any atom is 0.253 e. The molecule has 0 radical (unpaired) electrons. The Labute approximate surface area is 163 Å². The molecule has 0 aliphatic rings. The number of hydrogen-bond acceptors (Lipinski definition) is 3. The predicted molar refractivity (Wildman–Crippen MR) is 111 cm³/mol. The van der Waals surface area contributed by atoms with Gasteiger partial charge in [-0.3, -0.25) is 14.8 Å². The van der Waals surface area contributed by atoms with E-state index in [1.165, 1.54) is 0 Å². The van der Waals surface area contributed by atoms with E-state index in [4.69, 9.17) is 0 Å². The molecule has 0 saturated carbocycles. The van der Waals surface area contributed by atoms with Crippen LogP contribution in [0.5, 0.6) is 0 Å². The van der Waals surface area contributed by atoms with Crippen LogP contribution in [0, 0.1) is 0 Å². The van der Waals surface area contributed by atoms with Crippen molar-refractivity contribution in [2.75, 3.05) is 0 Å². The maximum atomic E-state index is 13.0. The largest absolute Gasteiger partial charge is 0.348 e. The second-order valence-corrected chi connectivity index (χ2v) is 6.40. The Balaban J connectivity index is 1.70. The third-order valence-electron chi connectivity index (χ3n) is 4.47. The highest BCUT2D eigenvalue weighted by Gasteiger charge is 2.16. The van der Waals surface area contributed by atoms with Crippen molar-refractivity contribution in [3.63, 3.8) is 0 Å². The van der Waals surface area contributed by atoms with Gasteiger partial charge in [0.2, 0.25) is 0 Å². The summed E-state index contributed by atoms with van der Waals surface area (Å²) in [5.74, 6) is -0.159. The number of hydrogen-bond donors (Lipinski definition) is 1. The van der Waals surface area contributed by atoms with Crippen molar-refractivity contribution in [2.24, 2.45) is 0 Å². The van der Waals surface area contributed by atoms with E-state index < -0.39 is 0 Å². The average molecular weight is 365 g/mol. The Bertz CT molecular complexity index is 1060. The summed E-state index contributed by atoms with van der Waals surface area (Å²) in [7, 11) is 0. The molecule has 0 unspecified atom stereocenters. The van der Waals surface area contributed by atoms with Crippen molar-refractivity contribution in [2.45, 2.75) is 6.54 Å². The summed E-state index contributed by atoms with van der Waals surface area (Å²) in [6.45, 7) is 0.460. The molecular formula is C24H19N3O. The number of rotatable bonds is 5. The highest BCUT2D eigenvalue weighted by molar-refractivity contribution is 6.00. The summed E-state index contributed by atoms with van der Waals surface area (Å²) in [4.78, 5) is 21.8. The number of aromatic nitrogens is 2. The van der Waals surface area contributed by atoms with Gasteiger partial charge in [-0.2, -0.15) is 0 Å². The molecule has 0 saturated heterocycles. The van der Waals surface area contributed by atoms with Crippen LogP contribution >= 0.6 is 0 Å². The lowest BCUT2D eigenvalue weighted by Gasteiger charge is -2.12. The van der Waals surface area contributed by atoms with Crippen molar-refractivity contribution in [1.82, 2.24) is 15.3 Å². The zero-order valence-corrected chi connectivity index (χ0v) is 15.2. The molecule has 0 bridgehead atoms. The van der Waals surface area contributed by atoms with E-state index in [1.807, 2.05) is 78.9 Å². The van der Waals surface area contributed by atoms with Gasteiger partial charge in [-0.15, -0.1) is 0 Å². The first-order chi connectivity index (χ1) is 13.8. The van der Waals surface area contributed by atoms with Gasteiger partial charge in [-0.05, 0) is 29.3 Å². The molecule has 0 atom stereocenters. The second-order valence-electron chi connectivity index (χ2n) is 6.40. The predicted octanol–water partition coefficient (Wildman–Crippen LogP) is 4.74. The summed E-state index contributed by atoms with van der Waals surface area (Å²) >= 11 is 0. The minimum absolute atomic E-state index is 0.159. The van der Waals surface area contributed by atoms with E-state index in [0.29, 0.717) is 17.8 Å². The van der Waals surface area contributed by atoms with Gasteiger partial charge >= 0.3 is 0 Å². The first kappa shape index (κ1) is 17.6. The van der Waals surface area contributed by atoms with Crippen LogP contribution in [0.3, 0.4) is 0 Å². The molecule has 0 aliphatic carbocycles. The fourth-order valence-corrected chi connectivity index (χ4v) is 3.03. The molecule has 4 nitrogen and oxygen atoms in total. The van der Waals surface area contributed by atoms with Gasteiger partial charge in [0.1, 0.15) is 0 Å². The smallest absolute Gasteiger partial charge is 0.253 e. The van der Waals surface area contributed by atoms with Gasteiger partial charge in [0.15, 0.2) is 0 Å². The third-order valence-corrected chi connectivity index (χ3v) is 4.47. The van der Waals surface area contributed by atoms with Crippen molar-refractivity contribution in [1.29, 1.82) is 0 Å². The highest BCUT2D eigenvalue weighted by Crippen LogP contribution is 2.26. The zero-order valence-electron chi connectivity index (χ0n) is 15.2. The first-order valence-corrected chi connectivity index (χ1v) is 9.09. The van der Waals surface area contributed by atoms with Gasteiger partial charge in [0.05, 0.1) is 11.3 Å². The summed E-state index contributed by atoms with van der Waals surface area (Å²) in [5, 5.41) is 3.00. The Morgan fingerprint density at radius 1 is 0.786 bits per heavy atom. The molecular weight excluding hydrogens is 346 g/mol. The molecule has 4 aromatic rings. The Morgan fingerprint density at radius 3 is 2.21 bits per heavy atom. The van der Waals surface area contributed by atoms with Crippen LogP contribution in [0.25, 0.3) is 22.4 Å². The monoisotopic (exact) mass is 365 g/mol. The number of nitrogens with zero attached hydrogens (tertiary/aromatic N) is 2. The molecule has 2 aromatic heterocycles. The van der Waals surface area contributed by atoms with E-state index in [2.05, 4.69) is 15.3 Å². The fourth-order valence-electron chi connectivity index (χ4n) is 3.03. The van der Waals surface area contributed by atoms with E-state index in [0.717, 1.165) is 22.3 Å². The molecule has 1 N–H and O–H groups in total. The minimum atomic E-state index is -0.159. The average Bonchev–Trinajstić information content (AvgIpc) is 2.79. The van der Waals surface area contributed by atoms with Crippen LogP contribution in [0.2, 0.25) is 0 Å². The SMILES string of the molecule is O=C(NCc1ccccc1)c1cc(-c2ccccc2)cnc1-c1cccnc1. The van der Waals surface area contributed by atoms with E-state index in [-0.39, 0.29) is 5.91 Å². The maximum absolute atomic E-state index is 13.0. The first-order valence-electron chi connectivity index (χ1n) is 9.09. The van der Waals surface area contributed by atoms with E-state index in [9.17, 15) is 4.79 Å². The molecule has 0 spiro atoms. The van der Waals surface area contributed by atoms with Crippen molar-refractivity contribution in [3.05, 3.63) is 109 Å². The van der Waals surface area contributed by atoms with E-state index in [1.54, 1.807) is 18.6 Å². The summed E-state index contributed by atoms with van der Waals surface area (Å²) < 4.78 is 0. The van der Waals surface area contributed by atoms with Gasteiger partial charge in [-0.25, -0.2) is 0 Å². The molecule has 2 aromatic carbocycles.